The first-order valence-corrected chi connectivity index (χ1v) is 6.25. The van der Waals surface area contributed by atoms with Crippen molar-refractivity contribution >= 4 is 10.9 Å². The molecule has 2 aromatic rings. The molecule has 0 aliphatic heterocycles. The van der Waals surface area contributed by atoms with Gasteiger partial charge in [0.05, 0.1) is 0 Å². The minimum Gasteiger partial charge on any atom is -0.361 e. The van der Waals surface area contributed by atoms with Crippen molar-refractivity contribution in [1.29, 1.82) is 0 Å². The van der Waals surface area contributed by atoms with Crippen LogP contribution in [0.3, 0.4) is 0 Å². The first-order chi connectivity index (χ1) is 8.31. The Hall–Kier alpha value is -1.32. The van der Waals surface area contributed by atoms with Gasteiger partial charge in [-0.05, 0) is 31.1 Å². The molecule has 0 saturated carbocycles. The van der Waals surface area contributed by atoms with Crippen molar-refractivity contribution in [3.63, 3.8) is 0 Å². The van der Waals surface area contributed by atoms with Crippen LogP contribution in [0.1, 0.15) is 24.9 Å². The van der Waals surface area contributed by atoms with Crippen molar-refractivity contribution in [2.45, 2.75) is 19.4 Å². The zero-order valence-electron chi connectivity index (χ0n) is 10.5. The van der Waals surface area contributed by atoms with E-state index < -0.39 is 0 Å². The van der Waals surface area contributed by atoms with Crippen LogP contribution in [0, 0.1) is 5.92 Å². The summed E-state index contributed by atoms with van der Waals surface area (Å²) in [5.41, 5.74) is 8.37. The number of hydrogen-bond donors (Lipinski definition) is 3. The molecule has 3 heteroatoms. The molecule has 1 aromatic heterocycles. The number of fused-ring (bicyclic) bond motifs is 1. The number of hydrogen-bond acceptors (Lipinski definition) is 2. The van der Waals surface area contributed by atoms with E-state index in [0.717, 1.165) is 6.42 Å². The third-order valence-corrected chi connectivity index (χ3v) is 3.57. The van der Waals surface area contributed by atoms with Gasteiger partial charge in [-0.3, -0.25) is 0 Å². The number of aromatic nitrogens is 1. The molecule has 0 saturated heterocycles. The summed E-state index contributed by atoms with van der Waals surface area (Å²) in [5, 5.41) is 4.69. The number of benzene rings is 1. The zero-order chi connectivity index (χ0) is 12.3. The first kappa shape index (κ1) is 12.1. The van der Waals surface area contributed by atoms with Gasteiger partial charge in [0.25, 0.3) is 0 Å². The lowest BCUT2D eigenvalue weighted by Gasteiger charge is -2.24. The van der Waals surface area contributed by atoms with Gasteiger partial charge in [0.2, 0.25) is 0 Å². The molecule has 0 fully saturated rings. The fraction of sp³-hybridized carbons (Fsp3) is 0.429. The van der Waals surface area contributed by atoms with Crippen molar-refractivity contribution in [1.82, 2.24) is 10.3 Å². The molecule has 2 rings (SSSR count). The summed E-state index contributed by atoms with van der Waals surface area (Å²) in [5.74, 6) is 0.471. The molecule has 4 N–H and O–H groups in total. The van der Waals surface area contributed by atoms with Gasteiger partial charge in [-0.25, -0.2) is 0 Å². The maximum absolute atomic E-state index is 5.86. The van der Waals surface area contributed by atoms with E-state index in [-0.39, 0.29) is 0 Å². The van der Waals surface area contributed by atoms with Crippen LogP contribution in [-0.2, 0) is 0 Å². The molecule has 2 atom stereocenters. The Morgan fingerprint density at radius 2 is 2.12 bits per heavy atom. The molecule has 1 aromatic carbocycles. The van der Waals surface area contributed by atoms with Gasteiger partial charge in [-0.15, -0.1) is 0 Å². The molecule has 2 unspecified atom stereocenters. The molecule has 17 heavy (non-hydrogen) atoms. The number of para-hydroxylation sites is 1. The molecular formula is C14H21N3. The number of H-pyrrole nitrogens is 1. The summed E-state index contributed by atoms with van der Waals surface area (Å²) in [7, 11) is 2.00. The highest BCUT2D eigenvalue weighted by Gasteiger charge is 2.21. The standard InChI is InChI=1S/C14H21N3/c1-3-10(8-15)14(16-2)12-9-17-13-7-5-4-6-11(12)13/h4-7,9-10,14,16-17H,3,8,15H2,1-2H3. The highest BCUT2D eigenvalue weighted by atomic mass is 14.9. The molecule has 0 bridgehead atoms. The number of nitrogens with one attached hydrogen (secondary N) is 2. The lowest BCUT2D eigenvalue weighted by Crippen LogP contribution is -2.30. The molecule has 3 nitrogen and oxygen atoms in total. The smallest absolute Gasteiger partial charge is 0.0457 e. The van der Waals surface area contributed by atoms with Crippen LogP contribution < -0.4 is 11.1 Å². The summed E-state index contributed by atoms with van der Waals surface area (Å²) >= 11 is 0. The molecule has 0 amide bonds. The molecule has 1 heterocycles. The van der Waals surface area contributed by atoms with Gasteiger partial charge in [0, 0.05) is 23.1 Å². The van der Waals surface area contributed by atoms with Crippen molar-refractivity contribution in [2.24, 2.45) is 11.7 Å². The van der Waals surface area contributed by atoms with Crippen molar-refractivity contribution in [3.8, 4) is 0 Å². The maximum Gasteiger partial charge on any atom is 0.0457 e. The Balaban J connectivity index is 2.42. The zero-order valence-corrected chi connectivity index (χ0v) is 10.5. The second kappa shape index (κ2) is 5.34. The third kappa shape index (κ3) is 2.21. The monoisotopic (exact) mass is 231 g/mol. The van der Waals surface area contributed by atoms with Crippen LogP contribution in [0.15, 0.2) is 30.5 Å². The van der Waals surface area contributed by atoms with E-state index in [4.69, 9.17) is 5.73 Å². The van der Waals surface area contributed by atoms with Crippen molar-refractivity contribution in [3.05, 3.63) is 36.0 Å². The van der Waals surface area contributed by atoms with E-state index in [1.165, 1.54) is 16.5 Å². The number of rotatable bonds is 5. The average molecular weight is 231 g/mol. The fourth-order valence-electron chi connectivity index (χ4n) is 2.53. The van der Waals surface area contributed by atoms with E-state index in [2.05, 4.69) is 47.7 Å². The molecular weight excluding hydrogens is 210 g/mol. The Kier molecular flexibility index (Phi) is 3.82. The maximum atomic E-state index is 5.86. The second-order valence-electron chi connectivity index (χ2n) is 4.46. The quantitative estimate of drug-likeness (QED) is 0.740. The van der Waals surface area contributed by atoms with Crippen LogP contribution in [0.5, 0.6) is 0 Å². The SMILES string of the molecule is CCC(CN)C(NC)c1c[nH]c2ccccc12. The van der Waals surface area contributed by atoms with Crippen LogP contribution in [0.25, 0.3) is 10.9 Å². The van der Waals surface area contributed by atoms with E-state index >= 15 is 0 Å². The highest BCUT2D eigenvalue weighted by Crippen LogP contribution is 2.29. The minimum atomic E-state index is 0.321. The van der Waals surface area contributed by atoms with Gasteiger partial charge < -0.3 is 16.0 Å². The molecule has 0 radical (unpaired) electrons. The van der Waals surface area contributed by atoms with Gasteiger partial charge in [-0.2, -0.15) is 0 Å². The second-order valence-corrected chi connectivity index (χ2v) is 4.46. The summed E-state index contributed by atoms with van der Waals surface area (Å²) in [6, 6.07) is 8.72. The largest absolute Gasteiger partial charge is 0.361 e. The summed E-state index contributed by atoms with van der Waals surface area (Å²) < 4.78 is 0. The lowest BCUT2D eigenvalue weighted by molar-refractivity contribution is 0.380. The van der Waals surface area contributed by atoms with Gasteiger partial charge in [-0.1, -0.05) is 31.5 Å². The highest BCUT2D eigenvalue weighted by molar-refractivity contribution is 5.83. The molecule has 0 aliphatic rings. The minimum absolute atomic E-state index is 0.321. The van der Waals surface area contributed by atoms with Gasteiger partial charge >= 0.3 is 0 Å². The normalized spacial score (nSPS) is 15.0. The first-order valence-electron chi connectivity index (χ1n) is 6.25. The third-order valence-electron chi connectivity index (χ3n) is 3.57. The Morgan fingerprint density at radius 3 is 2.76 bits per heavy atom. The van der Waals surface area contributed by atoms with Crippen LogP contribution in [0.2, 0.25) is 0 Å². The average Bonchev–Trinajstić information content (AvgIpc) is 2.79. The lowest BCUT2D eigenvalue weighted by atomic mass is 9.91. The van der Waals surface area contributed by atoms with E-state index in [1.807, 2.05) is 7.05 Å². The molecule has 0 spiro atoms. The predicted octanol–water partition coefficient (Wildman–Crippen LogP) is 2.41. The topological polar surface area (TPSA) is 53.8 Å². The number of nitrogens with two attached hydrogens (primary N) is 1. The molecule has 92 valence electrons. The molecule has 0 aliphatic carbocycles. The Morgan fingerprint density at radius 1 is 1.35 bits per heavy atom. The summed E-state index contributed by atoms with van der Waals surface area (Å²) in [4.78, 5) is 3.33. The van der Waals surface area contributed by atoms with Crippen molar-refractivity contribution < 1.29 is 0 Å². The van der Waals surface area contributed by atoms with Gasteiger partial charge in [0.15, 0.2) is 0 Å². The fourth-order valence-corrected chi connectivity index (χ4v) is 2.53. The van der Waals surface area contributed by atoms with Gasteiger partial charge in [0.1, 0.15) is 0 Å². The van der Waals surface area contributed by atoms with E-state index in [1.54, 1.807) is 0 Å². The Labute approximate surface area is 102 Å². The van der Waals surface area contributed by atoms with Crippen LogP contribution >= 0.6 is 0 Å². The summed E-state index contributed by atoms with van der Waals surface area (Å²) in [6.07, 6.45) is 3.19. The predicted molar refractivity (Wildman–Crippen MR) is 72.9 cm³/mol. The van der Waals surface area contributed by atoms with Crippen LogP contribution in [0.4, 0.5) is 0 Å². The van der Waals surface area contributed by atoms with Crippen LogP contribution in [-0.4, -0.2) is 18.6 Å². The van der Waals surface area contributed by atoms with E-state index in [0.29, 0.717) is 18.5 Å². The Bertz CT molecular complexity index is 471. The summed E-state index contributed by atoms with van der Waals surface area (Å²) in [6.45, 7) is 2.90. The van der Waals surface area contributed by atoms with E-state index in [9.17, 15) is 0 Å². The number of aromatic amines is 1. The van der Waals surface area contributed by atoms with Crippen molar-refractivity contribution in [2.75, 3.05) is 13.6 Å².